The smallest absolute Gasteiger partial charge is 0.223 e. The number of hydrogen-bond donors (Lipinski definition) is 1. The van der Waals surface area contributed by atoms with E-state index in [9.17, 15) is 4.79 Å². The summed E-state index contributed by atoms with van der Waals surface area (Å²) in [5, 5.41) is 6.07. The van der Waals surface area contributed by atoms with Crippen LogP contribution in [-0.4, -0.2) is 11.9 Å². The SMILES string of the molecule is O=C(NC1Cc2cccc3cccc(c23)C1)C1CCCCC1. The highest BCUT2D eigenvalue weighted by Crippen LogP contribution is 2.30. The highest BCUT2D eigenvalue weighted by Gasteiger charge is 2.26. The zero-order valence-corrected chi connectivity index (χ0v) is 13.0. The van der Waals surface area contributed by atoms with Crippen molar-refractivity contribution >= 4 is 16.7 Å². The van der Waals surface area contributed by atoms with Crippen LogP contribution in [0.2, 0.25) is 0 Å². The predicted octanol–water partition coefficient (Wildman–Crippen LogP) is 4.00. The minimum Gasteiger partial charge on any atom is -0.352 e. The lowest BCUT2D eigenvalue weighted by molar-refractivity contribution is -0.126. The van der Waals surface area contributed by atoms with Gasteiger partial charge in [-0.05, 0) is 47.6 Å². The van der Waals surface area contributed by atoms with Crippen molar-refractivity contribution in [3.8, 4) is 0 Å². The van der Waals surface area contributed by atoms with Crippen molar-refractivity contribution in [3.63, 3.8) is 0 Å². The van der Waals surface area contributed by atoms with Crippen molar-refractivity contribution < 1.29 is 4.79 Å². The van der Waals surface area contributed by atoms with Crippen LogP contribution in [0.1, 0.15) is 43.2 Å². The van der Waals surface area contributed by atoms with Crippen molar-refractivity contribution in [3.05, 3.63) is 47.5 Å². The van der Waals surface area contributed by atoms with Crippen LogP contribution in [0.15, 0.2) is 36.4 Å². The van der Waals surface area contributed by atoms with E-state index in [4.69, 9.17) is 0 Å². The molecule has 1 N–H and O–H groups in total. The molecule has 2 nitrogen and oxygen atoms in total. The van der Waals surface area contributed by atoms with E-state index in [1.54, 1.807) is 0 Å². The summed E-state index contributed by atoms with van der Waals surface area (Å²) in [4.78, 5) is 12.5. The molecule has 0 aliphatic heterocycles. The normalized spacial score (nSPS) is 19.3. The van der Waals surface area contributed by atoms with E-state index in [2.05, 4.69) is 41.7 Å². The Balaban J connectivity index is 1.53. The lowest BCUT2D eigenvalue weighted by Gasteiger charge is -2.29. The minimum absolute atomic E-state index is 0.252. The molecule has 1 saturated carbocycles. The summed E-state index contributed by atoms with van der Waals surface area (Å²) < 4.78 is 0. The number of benzene rings is 2. The van der Waals surface area contributed by atoms with Gasteiger partial charge >= 0.3 is 0 Å². The second-order valence-corrected chi connectivity index (χ2v) is 6.88. The monoisotopic (exact) mass is 293 g/mol. The summed E-state index contributed by atoms with van der Waals surface area (Å²) in [7, 11) is 0. The zero-order valence-electron chi connectivity index (χ0n) is 13.0. The van der Waals surface area contributed by atoms with Crippen LogP contribution in [0.3, 0.4) is 0 Å². The molecular formula is C20H23NO. The highest BCUT2D eigenvalue weighted by molar-refractivity contribution is 5.90. The maximum absolute atomic E-state index is 12.5. The Hall–Kier alpha value is -1.83. The topological polar surface area (TPSA) is 29.1 Å². The van der Waals surface area contributed by atoms with Gasteiger partial charge in [0.25, 0.3) is 0 Å². The first-order chi connectivity index (χ1) is 10.8. The van der Waals surface area contributed by atoms with Crippen LogP contribution in [-0.2, 0) is 17.6 Å². The Morgan fingerprint density at radius 3 is 2.18 bits per heavy atom. The van der Waals surface area contributed by atoms with Gasteiger partial charge in [-0.15, -0.1) is 0 Å². The summed E-state index contributed by atoms with van der Waals surface area (Å²) in [6.07, 6.45) is 7.80. The Bertz CT molecular complexity index is 659. The van der Waals surface area contributed by atoms with Gasteiger partial charge in [-0.2, -0.15) is 0 Å². The molecule has 0 heterocycles. The first-order valence-corrected chi connectivity index (χ1v) is 8.61. The summed E-state index contributed by atoms with van der Waals surface area (Å²) in [6, 6.07) is 13.3. The molecule has 2 aliphatic carbocycles. The fraction of sp³-hybridized carbons (Fsp3) is 0.450. The van der Waals surface area contributed by atoms with Crippen LogP contribution < -0.4 is 5.32 Å². The number of carbonyl (C=O) groups is 1. The second-order valence-electron chi connectivity index (χ2n) is 6.88. The van der Waals surface area contributed by atoms with Crippen LogP contribution in [0.4, 0.5) is 0 Å². The van der Waals surface area contributed by atoms with Crippen molar-refractivity contribution in [1.82, 2.24) is 5.32 Å². The van der Waals surface area contributed by atoms with Crippen molar-refractivity contribution in [2.24, 2.45) is 5.92 Å². The second kappa shape index (κ2) is 5.75. The zero-order chi connectivity index (χ0) is 14.9. The van der Waals surface area contributed by atoms with Gasteiger partial charge in [0, 0.05) is 12.0 Å². The molecular weight excluding hydrogens is 270 g/mol. The molecule has 22 heavy (non-hydrogen) atoms. The van der Waals surface area contributed by atoms with E-state index in [0.29, 0.717) is 0 Å². The molecule has 4 rings (SSSR count). The molecule has 0 radical (unpaired) electrons. The molecule has 0 atom stereocenters. The van der Waals surface area contributed by atoms with Gasteiger partial charge in [0.05, 0.1) is 0 Å². The molecule has 0 saturated heterocycles. The van der Waals surface area contributed by atoms with Gasteiger partial charge in [-0.1, -0.05) is 55.7 Å². The Morgan fingerprint density at radius 1 is 0.909 bits per heavy atom. The largest absolute Gasteiger partial charge is 0.352 e. The van der Waals surface area contributed by atoms with Gasteiger partial charge in [0.2, 0.25) is 5.91 Å². The Morgan fingerprint density at radius 2 is 1.55 bits per heavy atom. The van der Waals surface area contributed by atoms with Gasteiger partial charge < -0.3 is 5.32 Å². The number of hydrogen-bond acceptors (Lipinski definition) is 1. The van der Waals surface area contributed by atoms with Crippen LogP contribution in [0.25, 0.3) is 10.8 Å². The Kier molecular flexibility index (Phi) is 3.61. The van der Waals surface area contributed by atoms with Gasteiger partial charge in [0.15, 0.2) is 0 Å². The minimum atomic E-state index is 0.252. The van der Waals surface area contributed by atoms with E-state index >= 15 is 0 Å². The van der Waals surface area contributed by atoms with Crippen LogP contribution in [0, 0.1) is 5.92 Å². The van der Waals surface area contributed by atoms with Crippen molar-refractivity contribution in [2.75, 3.05) is 0 Å². The third-order valence-corrected chi connectivity index (χ3v) is 5.33. The Labute approximate surface area is 131 Å². The molecule has 2 aromatic carbocycles. The van der Waals surface area contributed by atoms with Gasteiger partial charge in [-0.25, -0.2) is 0 Å². The molecule has 1 amide bonds. The summed E-state index contributed by atoms with van der Waals surface area (Å²) >= 11 is 0. The number of rotatable bonds is 2. The fourth-order valence-electron chi connectivity index (χ4n) is 4.23. The first kappa shape index (κ1) is 13.8. The predicted molar refractivity (Wildman–Crippen MR) is 89.9 cm³/mol. The molecule has 114 valence electrons. The maximum Gasteiger partial charge on any atom is 0.223 e. The molecule has 0 unspecified atom stereocenters. The van der Waals surface area contributed by atoms with Crippen LogP contribution in [0.5, 0.6) is 0 Å². The van der Waals surface area contributed by atoms with Crippen molar-refractivity contribution in [1.29, 1.82) is 0 Å². The molecule has 2 aliphatic rings. The fourth-order valence-corrected chi connectivity index (χ4v) is 4.23. The molecule has 1 fully saturated rings. The van der Waals surface area contributed by atoms with Crippen molar-refractivity contribution in [2.45, 2.75) is 51.0 Å². The third-order valence-electron chi connectivity index (χ3n) is 5.33. The molecule has 0 spiro atoms. The molecule has 2 heteroatoms. The molecule has 0 aromatic heterocycles. The van der Waals surface area contributed by atoms with E-state index < -0.39 is 0 Å². The van der Waals surface area contributed by atoms with Crippen LogP contribution >= 0.6 is 0 Å². The lowest BCUT2D eigenvalue weighted by atomic mass is 9.84. The number of nitrogens with one attached hydrogen (secondary N) is 1. The number of carbonyl (C=O) groups excluding carboxylic acids is 1. The third kappa shape index (κ3) is 2.51. The molecule has 0 bridgehead atoms. The van der Waals surface area contributed by atoms with Gasteiger partial charge in [-0.3, -0.25) is 4.79 Å². The molecule has 2 aromatic rings. The van der Waals surface area contributed by atoms with E-state index in [-0.39, 0.29) is 17.9 Å². The first-order valence-electron chi connectivity index (χ1n) is 8.61. The summed E-state index contributed by atoms with van der Waals surface area (Å²) in [5.74, 6) is 0.540. The number of amides is 1. The summed E-state index contributed by atoms with van der Waals surface area (Å²) in [5.41, 5.74) is 2.77. The van der Waals surface area contributed by atoms with E-state index in [1.165, 1.54) is 41.2 Å². The van der Waals surface area contributed by atoms with Gasteiger partial charge in [0.1, 0.15) is 0 Å². The van der Waals surface area contributed by atoms with E-state index in [0.717, 1.165) is 25.7 Å². The quantitative estimate of drug-likeness (QED) is 0.891. The summed E-state index contributed by atoms with van der Waals surface area (Å²) in [6.45, 7) is 0. The lowest BCUT2D eigenvalue weighted by Crippen LogP contribution is -2.43. The highest BCUT2D eigenvalue weighted by atomic mass is 16.1. The maximum atomic E-state index is 12.5. The van der Waals surface area contributed by atoms with E-state index in [1.807, 2.05) is 0 Å². The average molecular weight is 293 g/mol. The average Bonchev–Trinajstić information content (AvgIpc) is 2.56. The standard InChI is InChI=1S/C20H23NO/c22-20(15-6-2-1-3-7-15)21-18-12-16-10-4-8-14-9-5-11-17(13-18)19(14)16/h4-5,8-11,15,18H,1-3,6-7,12-13H2,(H,21,22).